The van der Waals surface area contributed by atoms with Crippen molar-refractivity contribution >= 4 is 5.91 Å². The van der Waals surface area contributed by atoms with Crippen LogP contribution in [0.5, 0.6) is 17.2 Å². The van der Waals surface area contributed by atoms with Crippen molar-refractivity contribution in [3.8, 4) is 17.2 Å². The topological polar surface area (TPSA) is 109 Å². The highest BCUT2D eigenvalue weighted by molar-refractivity contribution is 5.81. The molecule has 0 fully saturated rings. The second-order valence-electron chi connectivity index (χ2n) is 6.02. The van der Waals surface area contributed by atoms with Crippen molar-refractivity contribution in [2.24, 2.45) is 11.5 Å². The van der Waals surface area contributed by atoms with E-state index in [0.717, 1.165) is 18.4 Å². The summed E-state index contributed by atoms with van der Waals surface area (Å²) in [5, 5.41) is 2.95. The Labute approximate surface area is 142 Å². The Kier molecular flexibility index (Phi) is 6.69. The third-order valence-electron chi connectivity index (χ3n) is 4.00. The van der Waals surface area contributed by atoms with Gasteiger partial charge in [-0.25, -0.2) is 0 Å². The van der Waals surface area contributed by atoms with Crippen LogP contribution in [0.3, 0.4) is 0 Å². The molecule has 0 saturated heterocycles. The van der Waals surface area contributed by atoms with Crippen LogP contribution in [0, 0.1) is 0 Å². The number of amides is 1. The maximum atomic E-state index is 12.1. The quantitative estimate of drug-likeness (QED) is 0.578. The van der Waals surface area contributed by atoms with Crippen molar-refractivity contribution in [3.63, 3.8) is 0 Å². The lowest BCUT2D eigenvalue weighted by atomic mass is 10.0. The number of nitrogens with one attached hydrogen (secondary N) is 1. The van der Waals surface area contributed by atoms with Gasteiger partial charge in [-0.05, 0) is 38.8 Å². The summed E-state index contributed by atoms with van der Waals surface area (Å²) in [4.78, 5) is 12.1. The number of carbonyl (C=O) groups excluding carboxylic acids is 1. The molecule has 7 nitrogen and oxygen atoms in total. The lowest BCUT2D eigenvalue weighted by molar-refractivity contribution is -0.123. The van der Waals surface area contributed by atoms with Gasteiger partial charge in [-0.3, -0.25) is 4.79 Å². The van der Waals surface area contributed by atoms with Crippen LogP contribution in [0.25, 0.3) is 0 Å². The lowest BCUT2D eigenvalue weighted by Gasteiger charge is -2.19. The Morgan fingerprint density at radius 2 is 2.04 bits per heavy atom. The van der Waals surface area contributed by atoms with E-state index in [2.05, 4.69) is 5.32 Å². The number of methoxy groups -OCH3 is 1. The first kappa shape index (κ1) is 18.4. The Balaban J connectivity index is 1.92. The Hall–Kier alpha value is -1.99. The Bertz CT molecular complexity index is 565. The number of nitrogens with two attached hydrogens (primary N) is 2. The molecule has 2 rings (SSSR count). The van der Waals surface area contributed by atoms with E-state index in [1.54, 1.807) is 7.11 Å². The monoisotopic (exact) mass is 337 g/mol. The molecule has 1 aliphatic rings. The standard InChI is InChI=1S/C17H27N3O4/c1-11(20-17(21)13(19)5-3-4-6-18)7-12-8-15-16(24-10-23-15)9-14(12)22-2/h8-9,11,13H,3-7,10,18-19H2,1-2H3,(H,20,21). The first-order chi connectivity index (χ1) is 11.5. The van der Waals surface area contributed by atoms with Crippen LogP contribution in [0.4, 0.5) is 0 Å². The fourth-order valence-corrected chi connectivity index (χ4v) is 2.69. The van der Waals surface area contributed by atoms with Crippen molar-refractivity contribution in [3.05, 3.63) is 17.7 Å². The molecule has 5 N–H and O–H groups in total. The van der Waals surface area contributed by atoms with Gasteiger partial charge in [0.25, 0.3) is 0 Å². The van der Waals surface area contributed by atoms with Gasteiger partial charge in [-0.1, -0.05) is 6.42 Å². The summed E-state index contributed by atoms with van der Waals surface area (Å²) in [6.07, 6.45) is 2.99. The van der Waals surface area contributed by atoms with Crippen LogP contribution >= 0.6 is 0 Å². The van der Waals surface area contributed by atoms with Crippen LogP contribution in [-0.4, -0.2) is 38.4 Å². The summed E-state index contributed by atoms with van der Waals surface area (Å²) in [5.74, 6) is 1.95. The fourth-order valence-electron chi connectivity index (χ4n) is 2.69. The number of ether oxygens (including phenoxy) is 3. The largest absolute Gasteiger partial charge is 0.496 e. The lowest BCUT2D eigenvalue weighted by Crippen LogP contribution is -2.45. The fraction of sp³-hybridized carbons (Fsp3) is 0.588. The summed E-state index contributed by atoms with van der Waals surface area (Å²) in [5.41, 5.74) is 12.3. The van der Waals surface area contributed by atoms with Crippen LogP contribution in [-0.2, 0) is 11.2 Å². The molecule has 2 atom stereocenters. The van der Waals surface area contributed by atoms with Crippen LogP contribution in [0.2, 0.25) is 0 Å². The predicted molar refractivity (Wildman–Crippen MR) is 91.3 cm³/mol. The van der Waals surface area contributed by atoms with Gasteiger partial charge in [0, 0.05) is 17.7 Å². The van der Waals surface area contributed by atoms with E-state index < -0.39 is 6.04 Å². The number of hydrogen-bond acceptors (Lipinski definition) is 6. The smallest absolute Gasteiger partial charge is 0.237 e. The zero-order valence-corrected chi connectivity index (χ0v) is 14.3. The first-order valence-electron chi connectivity index (χ1n) is 8.27. The molecule has 7 heteroatoms. The van der Waals surface area contributed by atoms with Gasteiger partial charge in [0.05, 0.1) is 13.2 Å². The SMILES string of the molecule is COc1cc2c(cc1CC(C)NC(=O)C(N)CCCCN)OCO2. The molecule has 0 aliphatic carbocycles. The summed E-state index contributed by atoms with van der Waals surface area (Å²) in [6.45, 7) is 2.77. The Morgan fingerprint density at radius 3 is 2.71 bits per heavy atom. The van der Waals surface area contributed by atoms with Gasteiger partial charge in [-0.2, -0.15) is 0 Å². The molecule has 0 bridgehead atoms. The molecule has 1 aromatic rings. The number of fused-ring (bicyclic) bond motifs is 1. The van der Waals surface area contributed by atoms with Crippen molar-refractivity contribution in [2.45, 2.75) is 44.7 Å². The number of carbonyl (C=O) groups is 1. The highest BCUT2D eigenvalue weighted by Crippen LogP contribution is 2.38. The normalized spacial score (nSPS) is 15.0. The molecule has 1 aromatic carbocycles. The third-order valence-corrected chi connectivity index (χ3v) is 4.00. The van der Waals surface area contributed by atoms with Gasteiger partial charge < -0.3 is 31.0 Å². The number of unbranched alkanes of at least 4 members (excludes halogenated alkanes) is 1. The Morgan fingerprint density at radius 1 is 1.33 bits per heavy atom. The third kappa shape index (κ3) is 4.75. The predicted octanol–water partition coefficient (Wildman–Crippen LogP) is 0.927. The zero-order chi connectivity index (χ0) is 17.5. The van der Waals surface area contributed by atoms with Crippen molar-refractivity contribution in [2.75, 3.05) is 20.4 Å². The highest BCUT2D eigenvalue weighted by atomic mass is 16.7. The van der Waals surface area contributed by atoms with E-state index in [4.69, 9.17) is 25.7 Å². The minimum atomic E-state index is -0.502. The van der Waals surface area contributed by atoms with E-state index in [9.17, 15) is 4.79 Å². The molecular weight excluding hydrogens is 310 g/mol. The second-order valence-corrected chi connectivity index (χ2v) is 6.02. The van der Waals surface area contributed by atoms with Crippen molar-refractivity contribution in [1.82, 2.24) is 5.32 Å². The van der Waals surface area contributed by atoms with Gasteiger partial charge >= 0.3 is 0 Å². The highest BCUT2D eigenvalue weighted by Gasteiger charge is 2.20. The molecule has 1 heterocycles. The average molecular weight is 337 g/mol. The van der Waals surface area contributed by atoms with E-state index in [-0.39, 0.29) is 18.7 Å². The summed E-state index contributed by atoms with van der Waals surface area (Å²) < 4.78 is 16.1. The van der Waals surface area contributed by atoms with Crippen molar-refractivity contribution < 1.29 is 19.0 Å². The van der Waals surface area contributed by atoms with E-state index in [0.29, 0.717) is 36.6 Å². The van der Waals surface area contributed by atoms with E-state index in [1.165, 1.54) is 0 Å². The average Bonchev–Trinajstić information content (AvgIpc) is 3.01. The molecule has 0 spiro atoms. The number of hydrogen-bond donors (Lipinski definition) is 3. The second kappa shape index (κ2) is 8.75. The summed E-state index contributed by atoms with van der Waals surface area (Å²) in [7, 11) is 1.61. The number of benzene rings is 1. The molecule has 134 valence electrons. The molecule has 24 heavy (non-hydrogen) atoms. The van der Waals surface area contributed by atoms with Gasteiger partial charge in [0.15, 0.2) is 11.5 Å². The van der Waals surface area contributed by atoms with E-state index in [1.807, 2.05) is 19.1 Å². The minimum absolute atomic E-state index is 0.0765. The zero-order valence-electron chi connectivity index (χ0n) is 14.3. The maximum absolute atomic E-state index is 12.1. The van der Waals surface area contributed by atoms with Crippen LogP contribution < -0.4 is 31.0 Å². The first-order valence-corrected chi connectivity index (χ1v) is 8.27. The molecular formula is C17H27N3O4. The molecule has 1 aliphatic heterocycles. The molecule has 0 aromatic heterocycles. The van der Waals surface area contributed by atoms with Crippen LogP contribution in [0.15, 0.2) is 12.1 Å². The van der Waals surface area contributed by atoms with Crippen molar-refractivity contribution in [1.29, 1.82) is 0 Å². The summed E-state index contributed by atoms with van der Waals surface area (Å²) in [6, 6.07) is 3.13. The summed E-state index contributed by atoms with van der Waals surface area (Å²) >= 11 is 0. The van der Waals surface area contributed by atoms with Gasteiger partial charge in [0.1, 0.15) is 5.75 Å². The molecule has 0 saturated carbocycles. The van der Waals surface area contributed by atoms with Gasteiger partial charge in [-0.15, -0.1) is 0 Å². The molecule has 0 radical (unpaired) electrons. The molecule has 2 unspecified atom stereocenters. The maximum Gasteiger partial charge on any atom is 0.237 e. The van der Waals surface area contributed by atoms with E-state index >= 15 is 0 Å². The van der Waals surface area contributed by atoms with Gasteiger partial charge in [0.2, 0.25) is 12.7 Å². The molecule has 1 amide bonds. The minimum Gasteiger partial charge on any atom is -0.496 e. The number of rotatable bonds is 9. The van der Waals surface area contributed by atoms with Crippen LogP contribution in [0.1, 0.15) is 31.7 Å².